The molecular formula is C34H27FN4O5S2. The van der Waals surface area contributed by atoms with Crippen LogP contribution in [-0.4, -0.2) is 38.6 Å². The van der Waals surface area contributed by atoms with Crippen LogP contribution in [0.2, 0.25) is 0 Å². The normalized spacial score (nSPS) is 15.7. The van der Waals surface area contributed by atoms with E-state index in [9.17, 15) is 19.1 Å². The predicted octanol–water partition coefficient (Wildman–Crippen LogP) is 6.97. The number of aliphatic hydroxyl groups excluding tert-OH is 1. The van der Waals surface area contributed by atoms with Gasteiger partial charge in [0.15, 0.2) is 15.8 Å². The van der Waals surface area contributed by atoms with Gasteiger partial charge in [0, 0.05) is 23.7 Å². The first kappa shape index (κ1) is 30.9. The molecule has 0 aliphatic carbocycles. The summed E-state index contributed by atoms with van der Waals surface area (Å²) < 4.78 is 25.9. The van der Waals surface area contributed by atoms with Crippen LogP contribution in [-0.2, 0) is 21.9 Å². The lowest BCUT2D eigenvalue weighted by molar-refractivity contribution is -0.132. The van der Waals surface area contributed by atoms with Crippen molar-refractivity contribution >= 4 is 45.7 Å². The summed E-state index contributed by atoms with van der Waals surface area (Å²) in [5.41, 5.74) is 2.59. The number of Topliss-reactive ketones (excluding diaryl/α,β-unsaturated/α-hetero) is 1. The highest BCUT2D eigenvalue weighted by Gasteiger charge is 2.48. The molecule has 1 amide bonds. The van der Waals surface area contributed by atoms with Gasteiger partial charge in [-0.15, -0.1) is 10.2 Å². The van der Waals surface area contributed by atoms with E-state index in [1.807, 2.05) is 37.3 Å². The third-order valence-corrected chi connectivity index (χ3v) is 9.22. The second-order valence-electron chi connectivity index (χ2n) is 10.1. The molecule has 6 rings (SSSR count). The van der Waals surface area contributed by atoms with Crippen LogP contribution < -0.4 is 14.4 Å². The maximum atomic E-state index is 13.7. The number of thioether (sulfide) groups is 1. The molecule has 46 heavy (non-hydrogen) atoms. The summed E-state index contributed by atoms with van der Waals surface area (Å²) in [7, 11) is 0. The van der Waals surface area contributed by atoms with Crippen LogP contribution >= 0.6 is 23.1 Å². The third-order valence-electron chi connectivity index (χ3n) is 7.10. The van der Waals surface area contributed by atoms with Gasteiger partial charge in [0.2, 0.25) is 5.13 Å². The molecule has 1 N–H and O–H groups in total. The lowest BCUT2D eigenvalue weighted by Gasteiger charge is -2.23. The number of amides is 1. The molecule has 1 unspecified atom stereocenters. The van der Waals surface area contributed by atoms with E-state index in [1.165, 1.54) is 41.2 Å². The first-order valence-electron chi connectivity index (χ1n) is 14.3. The molecular weight excluding hydrogens is 628 g/mol. The van der Waals surface area contributed by atoms with Gasteiger partial charge in [-0.2, -0.15) is 0 Å². The fraction of sp³-hybridized carbons (Fsp3) is 0.147. The summed E-state index contributed by atoms with van der Waals surface area (Å²) >= 11 is 2.51. The number of nitrogens with zero attached hydrogens (tertiary/aromatic N) is 4. The highest BCUT2D eigenvalue weighted by molar-refractivity contribution is 8.00. The van der Waals surface area contributed by atoms with Crippen molar-refractivity contribution in [3.05, 3.63) is 131 Å². The minimum atomic E-state index is -1.04. The topological polar surface area (TPSA) is 115 Å². The highest BCUT2D eigenvalue weighted by atomic mass is 32.2. The largest absolute Gasteiger partial charge is 0.507 e. The lowest BCUT2D eigenvalue weighted by Crippen LogP contribution is -2.29. The minimum absolute atomic E-state index is 0.104. The third kappa shape index (κ3) is 6.63. The van der Waals surface area contributed by atoms with Gasteiger partial charge in [-0.05, 0) is 60.0 Å². The molecule has 9 nitrogen and oxygen atoms in total. The van der Waals surface area contributed by atoms with E-state index < -0.39 is 17.7 Å². The molecule has 1 aliphatic heterocycles. The Morgan fingerprint density at radius 3 is 2.43 bits per heavy atom. The molecule has 1 atom stereocenters. The Hall–Kier alpha value is -5.07. The standard InChI is InChI=1S/C34H27FN4O5S2/c1-2-43-27-18-24(10-13-26(27)44-19-21-6-4-3-5-7-21)29-28(30(40)23-14-16-36-17-15-23)31(41)32(42)39(29)33-37-38-34(46-33)45-20-22-8-11-25(35)12-9-22/h3-18,29,40H,2,19-20H2,1H3/b30-28+. The quantitative estimate of drug-likeness (QED) is 0.0530. The number of hydrogen-bond donors (Lipinski definition) is 1. The van der Waals surface area contributed by atoms with Crippen molar-refractivity contribution in [2.24, 2.45) is 0 Å². The van der Waals surface area contributed by atoms with E-state index >= 15 is 0 Å². The van der Waals surface area contributed by atoms with E-state index in [4.69, 9.17) is 9.47 Å². The first-order chi connectivity index (χ1) is 22.4. The number of carbonyl (C=O) groups excluding carboxylic acids is 2. The van der Waals surface area contributed by atoms with E-state index in [-0.39, 0.29) is 22.3 Å². The van der Waals surface area contributed by atoms with Crippen molar-refractivity contribution in [1.82, 2.24) is 15.2 Å². The maximum absolute atomic E-state index is 13.7. The molecule has 0 bridgehead atoms. The Kier molecular flexibility index (Phi) is 9.36. The summed E-state index contributed by atoms with van der Waals surface area (Å²) in [5.74, 6) is -0.981. The molecule has 3 heterocycles. The number of carbonyl (C=O) groups is 2. The van der Waals surface area contributed by atoms with E-state index in [2.05, 4.69) is 15.2 Å². The number of rotatable bonds is 11. The van der Waals surface area contributed by atoms with Gasteiger partial charge in [0.1, 0.15) is 18.2 Å². The smallest absolute Gasteiger partial charge is 0.301 e. The van der Waals surface area contributed by atoms with Crippen molar-refractivity contribution < 1.29 is 28.6 Å². The van der Waals surface area contributed by atoms with Gasteiger partial charge in [0.05, 0.1) is 18.2 Å². The van der Waals surface area contributed by atoms with E-state index in [0.29, 0.717) is 45.9 Å². The number of benzene rings is 3. The van der Waals surface area contributed by atoms with Crippen LogP contribution in [0.1, 0.15) is 35.2 Å². The number of anilines is 1. The van der Waals surface area contributed by atoms with Gasteiger partial charge in [-0.25, -0.2) is 4.39 Å². The fourth-order valence-electron chi connectivity index (χ4n) is 4.91. The number of pyridine rings is 1. The Morgan fingerprint density at radius 1 is 0.935 bits per heavy atom. The van der Waals surface area contributed by atoms with Gasteiger partial charge in [-0.1, -0.05) is 71.6 Å². The van der Waals surface area contributed by atoms with Gasteiger partial charge in [0.25, 0.3) is 5.78 Å². The molecule has 1 saturated heterocycles. The summed E-state index contributed by atoms with van der Waals surface area (Å²) in [4.78, 5) is 32.5. The molecule has 12 heteroatoms. The summed E-state index contributed by atoms with van der Waals surface area (Å²) in [6.45, 7) is 2.49. The Bertz CT molecular complexity index is 1890. The molecule has 0 spiro atoms. The van der Waals surface area contributed by atoms with Crippen molar-refractivity contribution in [3.8, 4) is 11.5 Å². The van der Waals surface area contributed by atoms with Gasteiger partial charge in [-0.3, -0.25) is 19.5 Å². The molecule has 1 aliphatic rings. The number of aliphatic hydroxyl groups is 1. The van der Waals surface area contributed by atoms with Crippen molar-refractivity contribution in [2.45, 2.75) is 29.7 Å². The van der Waals surface area contributed by atoms with Crippen LogP contribution in [0, 0.1) is 5.82 Å². The molecule has 0 radical (unpaired) electrons. The number of aromatic nitrogens is 3. The number of ketones is 1. The highest BCUT2D eigenvalue weighted by Crippen LogP contribution is 2.45. The Labute approximate surface area is 272 Å². The number of hydrogen-bond acceptors (Lipinski definition) is 10. The summed E-state index contributed by atoms with van der Waals surface area (Å²) in [6.07, 6.45) is 2.98. The molecule has 5 aromatic rings. The van der Waals surface area contributed by atoms with Crippen molar-refractivity contribution in [3.63, 3.8) is 0 Å². The predicted molar refractivity (Wildman–Crippen MR) is 173 cm³/mol. The Morgan fingerprint density at radius 2 is 1.70 bits per heavy atom. The molecule has 0 saturated carbocycles. The first-order valence-corrected chi connectivity index (χ1v) is 16.1. The monoisotopic (exact) mass is 654 g/mol. The van der Waals surface area contributed by atoms with E-state index in [0.717, 1.165) is 22.5 Å². The van der Waals surface area contributed by atoms with Crippen LogP contribution in [0.4, 0.5) is 9.52 Å². The molecule has 3 aromatic carbocycles. The average Bonchev–Trinajstić information content (AvgIpc) is 3.66. The van der Waals surface area contributed by atoms with Crippen LogP contribution in [0.5, 0.6) is 11.5 Å². The average molecular weight is 655 g/mol. The number of ether oxygens (including phenoxy) is 2. The minimum Gasteiger partial charge on any atom is -0.507 e. The summed E-state index contributed by atoms with van der Waals surface area (Å²) in [5, 5.41) is 20.1. The summed E-state index contributed by atoms with van der Waals surface area (Å²) in [6, 6.07) is 23.1. The van der Waals surface area contributed by atoms with Crippen LogP contribution in [0.25, 0.3) is 5.76 Å². The zero-order valence-corrected chi connectivity index (χ0v) is 26.1. The van der Waals surface area contributed by atoms with Crippen molar-refractivity contribution in [2.75, 3.05) is 11.5 Å². The van der Waals surface area contributed by atoms with Gasteiger partial charge < -0.3 is 14.6 Å². The zero-order chi connectivity index (χ0) is 32.0. The number of halogens is 1. The van der Waals surface area contributed by atoms with Gasteiger partial charge >= 0.3 is 5.91 Å². The van der Waals surface area contributed by atoms with Crippen molar-refractivity contribution in [1.29, 1.82) is 0 Å². The maximum Gasteiger partial charge on any atom is 0.301 e. The SMILES string of the molecule is CCOc1cc(C2/C(=C(\O)c3ccncc3)C(=O)C(=O)N2c2nnc(SCc3ccc(F)cc3)s2)ccc1OCc1ccccc1. The lowest BCUT2D eigenvalue weighted by atomic mass is 9.95. The fourth-order valence-corrected chi connectivity index (χ4v) is 6.74. The van der Waals surface area contributed by atoms with E-state index in [1.54, 1.807) is 42.5 Å². The van der Waals surface area contributed by atoms with Crippen LogP contribution in [0.3, 0.4) is 0 Å². The molecule has 2 aromatic heterocycles. The zero-order valence-electron chi connectivity index (χ0n) is 24.5. The second kappa shape index (κ2) is 13.9. The molecule has 1 fully saturated rings. The molecule has 232 valence electrons. The van der Waals surface area contributed by atoms with Crippen LogP contribution in [0.15, 0.2) is 107 Å². The Balaban J connectivity index is 1.38. The second-order valence-corrected chi connectivity index (χ2v) is 12.3.